The monoisotopic (exact) mass is 382 g/mol. The van der Waals surface area contributed by atoms with E-state index in [9.17, 15) is 14.0 Å². The fourth-order valence-electron chi connectivity index (χ4n) is 4.07. The fourth-order valence-corrected chi connectivity index (χ4v) is 4.07. The average molecular weight is 382 g/mol. The van der Waals surface area contributed by atoms with Crippen LogP contribution in [0.1, 0.15) is 39.1 Å². The molecule has 1 fully saturated rings. The molecule has 2 heterocycles. The number of benzene rings is 2. The Balaban J connectivity index is 1.52. The number of carboxylic acids is 1. The summed E-state index contributed by atoms with van der Waals surface area (Å²) in [4.78, 5) is 28.1. The van der Waals surface area contributed by atoms with Gasteiger partial charge in [0.25, 0.3) is 5.91 Å². The summed E-state index contributed by atoms with van der Waals surface area (Å²) in [6.45, 7) is 4.57. The minimum absolute atomic E-state index is 0.0358. The summed E-state index contributed by atoms with van der Waals surface area (Å²) < 4.78 is 14.4. The van der Waals surface area contributed by atoms with Crippen LogP contribution in [0.15, 0.2) is 36.4 Å². The summed E-state index contributed by atoms with van der Waals surface area (Å²) in [5, 5.41) is 8.98. The maximum Gasteiger partial charge on any atom is 0.335 e. The van der Waals surface area contributed by atoms with Gasteiger partial charge < -0.3 is 14.9 Å². The van der Waals surface area contributed by atoms with Gasteiger partial charge in [0.2, 0.25) is 0 Å². The van der Waals surface area contributed by atoms with E-state index in [0.29, 0.717) is 23.2 Å². The van der Waals surface area contributed by atoms with Crippen molar-refractivity contribution in [2.75, 3.05) is 32.7 Å². The third-order valence-electron chi connectivity index (χ3n) is 5.69. The van der Waals surface area contributed by atoms with Crippen LogP contribution in [0.25, 0.3) is 11.1 Å². The number of fused-ring (bicyclic) bond motifs is 1. The molecule has 6 heteroatoms. The van der Waals surface area contributed by atoms with Gasteiger partial charge in [-0.1, -0.05) is 18.2 Å². The molecule has 2 aromatic carbocycles. The molecule has 5 nitrogen and oxygen atoms in total. The molecule has 2 aliphatic heterocycles. The zero-order chi connectivity index (χ0) is 19.7. The van der Waals surface area contributed by atoms with Crippen LogP contribution in [-0.4, -0.2) is 59.5 Å². The van der Waals surface area contributed by atoms with Crippen LogP contribution in [0.5, 0.6) is 0 Å². The molecule has 1 amide bonds. The van der Waals surface area contributed by atoms with Crippen LogP contribution in [0.4, 0.5) is 4.39 Å². The number of carbonyl (C=O) groups is 2. The number of aromatic carboxylic acids is 1. The van der Waals surface area contributed by atoms with Gasteiger partial charge in [0.05, 0.1) is 5.56 Å². The second kappa shape index (κ2) is 7.72. The second-order valence-corrected chi connectivity index (χ2v) is 7.46. The number of carboxylic acid groups (broad SMARTS) is 1. The van der Waals surface area contributed by atoms with Gasteiger partial charge in [-0.2, -0.15) is 0 Å². The number of hydrogen-bond donors (Lipinski definition) is 1. The van der Waals surface area contributed by atoms with E-state index in [2.05, 4.69) is 4.90 Å². The lowest BCUT2D eigenvalue weighted by atomic mass is 9.93. The Hall–Kier alpha value is -2.73. The summed E-state index contributed by atoms with van der Waals surface area (Å²) in [5.74, 6) is -1.70. The molecule has 0 spiro atoms. The van der Waals surface area contributed by atoms with Crippen molar-refractivity contribution < 1.29 is 19.1 Å². The summed E-state index contributed by atoms with van der Waals surface area (Å²) in [6, 6.07) is 9.25. The van der Waals surface area contributed by atoms with Crippen molar-refractivity contribution in [2.45, 2.75) is 19.3 Å². The Morgan fingerprint density at radius 3 is 2.46 bits per heavy atom. The third kappa shape index (κ3) is 3.64. The first-order valence-electron chi connectivity index (χ1n) is 9.71. The number of likely N-dealkylation sites (tertiary alicyclic amines) is 1. The SMILES string of the molecule is O=C(O)c1ccc(-c2ccc3c(c2)CCN(CCN2CCCC2)C3=O)c(F)c1. The molecule has 0 atom stereocenters. The van der Waals surface area contributed by atoms with Gasteiger partial charge in [-0.15, -0.1) is 0 Å². The molecule has 0 saturated carbocycles. The molecule has 2 aromatic rings. The predicted octanol–water partition coefficient (Wildman–Crippen LogP) is 3.29. The van der Waals surface area contributed by atoms with Crippen LogP contribution in [-0.2, 0) is 6.42 Å². The molecule has 0 aliphatic carbocycles. The van der Waals surface area contributed by atoms with Crippen LogP contribution < -0.4 is 0 Å². The van der Waals surface area contributed by atoms with E-state index in [1.807, 2.05) is 11.0 Å². The van der Waals surface area contributed by atoms with E-state index in [0.717, 1.165) is 44.2 Å². The normalized spacial score (nSPS) is 17.0. The first-order chi connectivity index (χ1) is 13.5. The van der Waals surface area contributed by atoms with Gasteiger partial charge in [-0.25, -0.2) is 9.18 Å². The zero-order valence-electron chi connectivity index (χ0n) is 15.7. The topological polar surface area (TPSA) is 60.9 Å². The van der Waals surface area contributed by atoms with E-state index in [1.54, 1.807) is 12.1 Å². The number of amides is 1. The number of nitrogens with zero attached hydrogens (tertiary/aromatic N) is 2. The summed E-state index contributed by atoms with van der Waals surface area (Å²) in [6.07, 6.45) is 3.22. The van der Waals surface area contributed by atoms with Crippen molar-refractivity contribution in [1.82, 2.24) is 9.80 Å². The van der Waals surface area contributed by atoms with Crippen molar-refractivity contribution >= 4 is 11.9 Å². The van der Waals surface area contributed by atoms with Gasteiger partial charge in [-0.3, -0.25) is 4.79 Å². The number of carbonyl (C=O) groups excluding carboxylic acids is 1. The molecular formula is C22H23FN2O3. The molecular weight excluding hydrogens is 359 g/mol. The lowest BCUT2D eigenvalue weighted by Gasteiger charge is -2.30. The number of hydrogen-bond acceptors (Lipinski definition) is 3. The zero-order valence-corrected chi connectivity index (χ0v) is 15.7. The first-order valence-corrected chi connectivity index (χ1v) is 9.71. The predicted molar refractivity (Wildman–Crippen MR) is 104 cm³/mol. The quantitative estimate of drug-likeness (QED) is 0.862. The minimum Gasteiger partial charge on any atom is -0.478 e. The number of halogens is 1. The molecule has 1 N–H and O–H groups in total. The van der Waals surface area contributed by atoms with Crippen molar-refractivity contribution in [3.8, 4) is 11.1 Å². The van der Waals surface area contributed by atoms with Crippen molar-refractivity contribution in [3.05, 3.63) is 58.9 Å². The maximum atomic E-state index is 14.4. The van der Waals surface area contributed by atoms with Crippen molar-refractivity contribution in [2.24, 2.45) is 0 Å². The lowest BCUT2D eigenvalue weighted by Crippen LogP contribution is -2.42. The van der Waals surface area contributed by atoms with Gasteiger partial charge in [-0.05, 0) is 61.7 Å². The molecule has 0 aromatic heterocycles. The van der Waals surface area contributed by atoms with Crippen LogP contribution in [0, 0.1) is 5.82 Å². The fraction of sp³-hybridized carbons (Fsp3) is 0.364. The van der Waals surface area contributed by atoms with E-state index in [-0.39, 0.29) is 11.5 Å². The molecule has 146 valence electrons. The standard InChI is InChI=1S/C22H23FN2O3/c23-20-14-17(22(27)28)4-5-18(20)15-3-6-19-16(13-15)7-10-25(21(19)26)12-11-24-8-1-2-9-24/h3-6,13-14H,1-2,7-12H2,(H,27,28). The summed E-state index contributed by atoms with van der Waals surface area (Å²) in [5.41, 5.74) is 2.52. The van der Waals surface area contributed by atoms with E-state index in [4.69, 9.17) is 5.11 Å². The Kier molecular flexibility index (Phi) is 5.13. The molecule has 28 heavy (non-hydrogen) atoms. The van der Waals surface area contributed by atoms with Gasteiger partial charge >= 0.3 is 5.97 Å². The molecule has 2 aliphatic rings. The number of rotatable bonds is 5. The highest BCUT2D eigenvalue weighted by Crippen LogP contribution is 2.28. The Bertz CT molecular complexity index is 922. The highest BCUT2D eigenvalue weighted by molar-refractivity contribution is 5.97. The van der Waals surface area contributed by atoms with E-state index >= 15 is 0 Å². The highest BCUT2D eigenvalue weighted by Gasteiger charge is 2.25. The molecule has 4 rings (SSSR count). The maximum absolute atomic E-state index is 14.4. The van der Waals surface area contributed by atoms with Crippen LogP contribution in [0.3, 0.4) is 0 Å². The van der Waals surface area contributed by atoms with E-state index < -0.39 is 11.8 Å². The van der Waals surface area contributed by atoms with Gasteiger partial charge in [0, 0.05) is 30.8 Å². The van der Waals surface area contributed by atoms with Gasteiger partial charge in [0.1, 0.15) is 5.82 Å². The summed E-state index contributed by atoms with van der Waals surface area (Å²) in [7, 11) is 0. The second-order valence-electron chi connectivity index (χ2n) is 7.46. The van der Waals surface area contributed by atoms with Crippen LogP contribution in [0.2, 0.25) is 0 Å². The molecule has 0 bridgehead atoms. The first kappa shape index (κ1) is 18.6. The smallest absolute Gasteiger partial charge is 0.335 e. The molecule has 0 unspecified atom stereocenters. The highest BCUT2D eigenvalue weighted by atomic mass is 19.1. The molecule has 0 radical (unpaired) electrons. The van der Waals surface area contributed by atoms with Crippen molar-refractivity contribution in [1.29, 1.82) is 0 Å². The molecule has 1 saturated heterocycles. The van der Waals surface area contributed by atoms with Crippen LogP contribution >= 0.6 is 0 Å². The minimum atomic E-state index is -1.16. The van der Waals surface area contributed by atoms with Crippen molar-refractivity contribution in [3.63, 3.8) is 0 Å². The Labute approximate surface area is 163 Å². The summed E-state index contributed by atoms with van der Waals surface area (Å²) >= 11 is 0. The largest absolute Gasteiger partial charge is 0.478 e. The van der Waals surface area contributed by atoms with Gasteiger partial charge in [0.15, 0.2) is 0 Å². The Morgan fingerprint density at radius 1 is 1.00 bits per heavy atom. The average Bonchev–Trinajstić information content (AvgIpc) is 3.20. The lowest BCUT2D eigenvalue weighted by molar-refractivity contribution is 0.0693. The Morgan fingerprint density at radius 2 is 1.75 bits per heavy atom. The third-order valence-corrected chi connectivity index (χ3v) is 5.69. The van der Waals surface area contributed by atoms with E-state index in [1.165, 1.54) is 25.0 Å².